The van der Waals surface area contributed by atoms with E-state index in [4.69, 9.17) is 10.2 Å². The standard InChI is InChI=1S/C17H15F2NO/c1-9-6-7-14-11(8-9)10(2)17(21-14)16(20)15-12(18)4-3-5-13(15)19/h3-8,16H,20H2,1-2H3. The molecule has 3 aromatic rings. The van der Waals surface area contributed by atoms with E-state index in [1.165, 1.54) is 18.2 Å². The molecule has 0 aliphatic heterocycles. The molecule has 0 spiro atoms. The van der Waals surface area contributed by atoms with Crippen LogP contribution in [0.5, 0.6) is 0 Å². The lowest BCUT2D eigenvalue weighted by Gasteiger charge is -2.12. The number of rotatable bonds is 2. The summed E-state index contributed by atoms with van der Waals surface area (Å²) in [5.74, 6) is -0.948. The van der Waals surface area contributed by atoms with Crippen molar-refractivity contribution in [3.8, 4) is 0 Å². The van der Waals surface area contributed by atoms with Crippen molar-refractivity contribution in [2.45, 2.75) is 19.9 Å². The molecule has 2 nitrogen and oxygen atoms in total. The minimum Gasteiger partial charge on any atom is -0.459 e. The Morgan fingerprint density at radius 1 is 1.05 bits per heavy atom. The van der Waals surface area contributed by atoms with Crippen molar-refractivity contribution in [1.82, 2.24) is 0 Å². The Bertz CT molecular complexity index is 803. The van der Waals surface area contributed by atoms with Crippen LogP contribution in [0.15, 0.2) is 40.8 Å². The van der Waals surface area contributed by atoms with E-state index in [-0.39, 0.29) is 5.56 Å². The number of aryl methyl sites for hydroxylation is 2. The van der Waals surface area contributed by atoms with Gasteiger partial charge in [0.2, 0.25) is 0 Å². The highest BCUT2D eigenvalue weighted by Crippen LogP contribution is 2.33. The van der Waals surface area contributed by atoms with Gasteiger partial charge in [-0.05, 0) is 38.1 Å². The molecule has 3 rings (SSSR count). The molecule has 0 saturated carbocycles. The topological polar surface area (TPSA) is 39.2 Å². The van der Waals surface area contributed by atoms with Crippen molar-refractivity contribution < 1.29 is 13.2 Å². The van der Waals surface area contributed by atoms with Crippen LogP contribution >= 0.6 is 0 Å². The molecule has 0 amide bonds. The van der Waals surface area contributed by atoms with Crippen molar-refractivity contribution in [2.75, 3.05) is 0 Å². The van der Waals surface area contributed by atoms with Crippen LogP contribution in [0.2, 0.25) is 0 Å². The van der Waals surface area contributed by atoms with Crippen LogP contribution in [0, 0.1) is 25.5 Å². The Hall–Kier alpha value is -2.20. The first-order valence-electron chi connectivity index (χ1n) is 6.68. The van der Waals surface area contributed by atoms with E-state index < -0.39 is 17.7 Å². The highest BCUT2D eigenvalue weighted by atomic mass is 19.1. The maximum Gasteiger partial charge on any atom is 0.134 e. The molecule has 2 aromatic carbocycles. The van der Waals surface area contributed by atoms with Crippen molar-refractivity contribution in [2.24, 2.45) is 5.73 Å². The Morgan fingerprint density at radius 3 is 2.38 bits per heavy atom. The van der Waals surface area contributed by atoms with E-state index in [1.807, 2.05) is 32.0 Å². The first-order chi connectivity index (χ1) is 9.99. The van der Waals surface area contributed by atoms with E-state index in [1.54, 1.807) is 0 Å². The number of nitrogens with two attached hydrogens (primary N) is 1. The molecule has 0 aliphatic carbocycles. The lowest BCUT2D eigenvalue weighted by molar-refractivity contribution is 0.485. The fourth-order valence-corrected chi connectivity index (χ4v) is 2.59. The SMILES string of the molecule is Cc1ccc2oc(C(N)c3c(F)cccc3F)c(C)c2c1. The third-order valence-corrected chi connectivity index (χ3v) is 3.72. The minimum absolute atomic E-state index is 0.170. The molecule has 1 unspecified atom stereocenters. The summed E-state index contributed by atoms with van der Waals surface area (Å²) in [6.45, 7) is 3.82. The van der Waals surface area contributed by atoms with Gasteiger partial charge in [0, 0.05) is 16.5 Å². The smallest absolute Gasteiger partial charge is 0.134 e. The van der Waals surface area contributed by atoms with Gasteiger partial charge < -0.3 is 10.2 Å². The highest BCUT2D eigenvalue weighted by molar-refractivity contribution is 5.83. The fourth-order valence-electron chi connectivity index (χ4n) is 2.59. The van der Waals surface area contributed by atoms with Gasteiger partial charge in [-0.15, -0.1) is 0 Å². The molecule has 0 fully saturated rings. The van der Waals surface area contributed by atoms with Crippen LogP contribution < -0.4 is 5.73 Å². The second-order valence-electron chi connectivity index (χ2n) is 5.20. The van der Waals surface area contributed by atoms with Crippen LogP contribution in [0.1, 0.15) is 28.5 Å². The third kappa shape index (κ3) is 2.21. The van der Waals surface area contributed by atoms with E-state index in [2.05, 4.69) is 0 Å². The van der Waals surface area contributed by atoms with Crippen molar-refractivity contribution in [1.29, 1.82) is 0 Å². The van der Waals surface area contributed by atoms with E-state index in [0.29, 0.717) is 11.3 Å². The molecular formula is C17H15F2NO. The molecular weight excluding hydrogens is 272 g/mol. The predicted octanol–water partition coefficient (Wildman–Crippen LogP) is 4.38. The molecule has 0 aliphatic rings. The van der Waals surface area contributed by atoms with E-state index in [0.717, 1.165) is 16.5 Å². The minimum atomic E-state index is -0.973. The second kappa shape index (κ2) is 4.97. The summed E-state index contributed by atoms with van der Waals surface area (Å²) in [5, 5.41) is 0.914. The summed E-state index contributed by atoms with van der Waals surface area (Å²) in [6, 6.07) is 8.47. The number of hydrogen-bond donors (Lipinski definition) is 1. The highest BCUT2D eigenvalue weighted by Gasteiger charge is 2.24. The number of fused-ring (bicyclic) bond motifs is 1. The Labute approximate surface area is 121 Å². The molecule has 108 valence electrons. The van der Waals surface area contributed by atoms with Crippen LogP contribution in [0.3, 0.4) is 0 Å². The Balaban J connectivity index is 2.18. The zero-order chi connectivity index (χ0) is 15.1. The molecule has 1 aromatic heterocycles. The Morgan fingerprint density at radius 2 is 1.71 bits per heavy atom. The fraction of sp³-hybridized carbons (Fsp3) is 0.176. The normalized spacial score (nSPS) is 12.8. The number of halogens is 2. The molecule has 0 bridgehead atoms. The summed E-state index contributed by atoms with van der Waals surface area (Å²) in [7, 11) is 0. The van der Waals surface area contributed by atoms with Crippen molar-refractivity contribution in [3.63, 3.8) is 0 Å². The summed E-state index contributed by atoms with van der Waals surface area (Å²) in [5.41, 5.74) is 8.44. The largest absolute Gasteiger partial charge is 0.459 e. The van der Waals surface area contributed by atoms with Gasteiger partial charge in [-0.2, -0.15) is 0 Å². The zero-order valence-corrected chi connectivity index (χ0v) is 11.8. The monoisotopic (exact) mass is 287 g/mol. The molecule has 21 heavy (non-hydrogen) atoms. The molecule has 2 N–H and O–H groups in total. The quantitative estimate of drug-likeness (QED) is 0.760. The van der Waals surface area contributed by atoms with Crippen molar-refractivity contribution >= 4 is 11.0 Å². The zero-order valence-electron chi connectivity index (χ0n) is 11.8. The van der Waals surface area contributed by atoms with E-state index >= 15 is 0 Å². The molecule has 1 atom stereocenters. The van der Waals surface area contributed by atoms with Crippen LogP contribution in [-0.2, 0) is 0 Å². The van der Waals surface area contributed by atoms with Gasteiger partial charge in [-0.3, -0.25) is 0 Å². The lowest BCUT2D eigenvalue weighted by Crippen LogP contribution is -2.15. The summed E-state index contributed by atoms with van der Waals surface area (Å²) in [4.78, 5) is 0. The van der Waals surface area contributed by atoms with E-state index in [9.17, 15) is 8.78 Å². The van der Waals surface area contributed by atoms with Gasteiger partial charge in [-0.1, -0.05) is 17.7 Å². The van der Waals surface area contributed by atoms with Crippen LogP contribution in [0.4, 0.5) is 8.78 Å². The van der Waals surface area contributed by atoms with Gasteiger partial charge in [-0.25, -0.2) is 8.78 Å². The van der Waals surface area contributed by atoms with Gasteiger partial charge in [0.05, 0.1) is 6.04 Å². The summed E-state index contributed by atoms with van der Waals surface area (Å²) in [6.07, 6.45) is 0. The molecule has 0 saturated heterocycles. The number of hydrogen-bond acceptors (Lipinski definition) is 2. The number of benzene rings is 2. The van der Waals surface area contributed by atoms with Gasteiger partial charge in [0.1, 0.15) is 23.0 Å². The van der Waals surface area contributed by atoms with Crippen LogP contribution in [-0.4, -0.2) is 0 Å². The summed E-state index contributed by atoms with van der Waals surface area (Å²) < 4.78 is 33.5. The first kappa shape index (κ1) is 13.8. The third-order valence-electron chi connectivity index (χ3n) is 3.72. The van der Waals surface area contributed by atoms with Crippen LogP contribution in [0.25, 0.3) is 11.0 Å². The van der Waals surface area contributed by atoms with Crippen molar-refractivity contribution in [3.05, 3.63) is 70.5 Å². The maximum absolute atomic E-state index is 13.9. The average molecular weight is 287 g/mol. The molecule has 1 heterocycles. The predicted molar refractivity (Wildman–Crippen MR) is 78.1 cm³/mol. The maximum atomic E-state index is 13.9. The number of furan rings is 1. The summed E-state index contributed by atoms with van der Waals surface area (Å²) >= 11 is 0. The molecule has 4 heteroatoms. The first-order valence-corrected chi connectivity index (χ1v) is 6.68. The average Bonchev–Trinajstić information content (AvgIpc) is 2.76. The van der Waals surface area contributed by atoms with Gasteiger partial charge >= 0.3 is 0 Å². The molecule has 0 radical (unpaired) electrons. The Kier molecular flexibility index (Phi) is 3.26. The van der Waals surface area contributed by atoms with Gasteiger partial charge in [0.15, 0.2) is 0 Å². The lowest BCUT2D eigenvalue weighted by atomic mass is 10.00. The second-order valence-corrected chi connectivity index (χ2v) is 5.20. The van der Waals surface area contributed by atoms with Gasteiger partial charge in [0.25, 0.3) is 0 Å².